The molecule has 0 spiro atoms. The summed E-state index contributed by atoms with van der Waals surface area (Å²) < 4.78 is 0. The summed E-state index contributed by atoms with van der Waals surface area (Å²) in [7, 11) is 0. The van der Waals surface area contributed by atoms with E-state index in [4.69, 9.17) is 0 Å². The first-order valence-corrected chi connectivity index (χ1v) is 14.2. The smallest absolute Gasteiger partial charge is 0.0355 e. The maximum absolute atomic E-state index is 2.57. The molecule has 0 bridgehead atoms. The van der Waals surface area contributed by atoms with Gasteiger partial charge in [-0.3, -0.25) is 0 Å². The molecule has 0 aromatic rings. The topological polar surface area (TPSA) is 0 Å². The minimum absolute atomic E-state index is 0.0739. The Labute approximate surface area is 212 Å². The van der Waals surface area contributed by atoms with Crippen LogP contribution >= 0.6 is 0 Å². The lowest BCUT2D eigenvalue weighted by atomic mass is 9.59. The molecule has 6 rings (SSSR count). The first kappa shape index (κ1) is 22.8. The van der Waals surface area contributed by atoms with Crippen LogP contribution < -0.4 is 0 Å². The zero-order valence-corrected chi connectivity index (χ0v) is 21.2. The molecule has 6 aliphatic rings. The minimum atomic E-state index is -0.0739. The molecule has 0 aromatic heterocycles. The fourth-order valence-electron chi connectivity index (χ4n) is 7.72. The number of fused-ring (bicyclic) bond motifs is 3. The Bertz CT molecular complexity index is 1150. The Morgan fingerprint density at radius 1 is 0.600 bits per heavy atom. The van der Waals surface area contributed by atoms with Gasteiger partial charge in [0.15, 0.2) is 0 Å². The van der Waals surface area contributed by atoms with Crippen LogP contribution in [-0.2, 0) is 0 Å². The molecule has 0 aromatic carbocycles. The molecule has 35 heavy (non-hydrogen) atoms. The van der Waals surface area contributed by atoms with Gasteiger partial charge in [0, 0.05) is 11.3 Å². The summed E-state index contributed by atoms with van der Waals surface area (Å²) in [6.07, 6.45) is 48.9. The SMILES string of the molecule is C1=CC=C2/C=C\C=CC3(C4CCCC5=C(CCCC5)CC5=C4CCCC5)C=CC=CC=C3C2C=C1. The van der Waals surface area contributed by atoms with E-state index in [0.717, 1.165) is 0 Å². The van der Waals surface area contributed by atoms with Crippen molar-refractivity contribution in [2.45, 2.75) is 77.0 Å². The van der Waals surface area contributed by atoms with Crippen molar-refractivity contribution in [3.05, 3.63) is 119 Å². The van der Waals surface area contributed by atoms with Crippen molar-refractivity contribution in [2.24, 2.45) is 17.3 Å². The highest BCUT2D eigenvalue weighted by Gasteiger charge is 2.43. The lowest BCUT2D eigenvalue weighted by molar-refractivity contribution is 0.334. The Morgan fingerprint density at radius 3 is 2.23 bits per heavy atom. The molecule has 0 heterocycles. The van der Waals surface area contributed by atoms with Crippen LogP contribution in [0.2, 0.25) is 0 Å². The molecule has 0 saturated carbocycles. The maximum Gasteiger partial charge on any atom is 0.0355 e. The van der Waals surface area contributed by atoms with E-state index in [1.165, 1.54) is 82.6 Å². The van der Waals surface area contributed by atoms with E-state index < -0.39 is 0 Å². The zero-order chi connectivity index (χ0) is 23.5. The molecule has 0 fully saturated rings. The highest BCUT2D eigenvalue weighted by atomic mass is 14.5. The highest BCUT2D eigenvalue weighted by molar-refractivity contribution is 5.52. The van der Waals surface area contributed by atoms with Gasteiger partial charge >= 0.3 is 0 Å². The predicted molar refractivity (Wildman–Crippen MR) is 150 cm³/mol. The maximum atomic E-state index is 2.57. The molecular weight excluding hydrogens is 420 g/mol. The lowest BCUT2D eigenvalue weighted by Crippen LogP contribution is -2.35. The van der Waals surface area contributed by atoms with Crippen LogP contribution in [0, 0.1) is 17.3 Å². The van der Waals surface area contributed by atoms with Crippen molar-refractivity contribution in [3.8, 4) is 0 Å². The monoisotopic (exact) mass is 460 g/mol. The molecule has 6 aliphatic carbocycles. The third kappa shape index (κ3) is 4.42. The Morgan fingerprint density at radius 2 is 1.31 bits per heavy atom. The lowest BCUT2D eigenvalue weighted by Gasteiger charge is -2.44. The van der Waals surface area contributed by atoms with Crippen LogP contribution in [0.3, 0.4) is 0 Å². The molecule has 0 heteroatoms. The van der Waals surface area contributed by atoms with Crippen molar-refractivity contribution in [1.29, 1.82) is 0 Å². The third-order valence-corrected chi connectivity index (χ3v) is 9.38. The van der Waals surface area contributed by atoms with E-state index in [0.29, 0.717) is 11.8 Å². The number of allylic oxidation sites excluding steroid dienone is 20. The van der Waals surface area contributed by atoms with Crippen LogP contribution in [0.25, 0.3) is 0 Å². The first-order valence-electron chi connectivity index (χ1n) is 14.2. The molecule has 3 atom stereocenters. The molecule has 0 nitrogen and oxygen atoms in total. The minimum Gasteiger partial charge on any atom is -0.0729 e. The van der Waals surface area contributed by atoms with Gasteiger partial charge in [-0.2, -0.15) is 0 Å². The van der Waals surface area contributed by atoms with Gasteiger partial charge in [0.1, 0.15) is 0 Å². The van der Waals surface area contributed by atoms with Crippen molar-refractivity contribution in [1.82, 2.24) is 0 Å². The predicted octanol–water partition coefficient (Wildman–Crippen LogP) is 9.75. The van der Waals surface area contributed by atoms with Gasteiger partial charge in [-0.1, -0.05) is 107 Å². The molecule has 3 unspecified atom stereocenters. The van der Waals surface area contributed by atoms with E-state index in [9.17, 15) is 0 Å². The molecule has 180 valence electrons. The molecule has 0 aliphatic heterocycles. The molecular formula is C35H40. The van der Waals surface area contributed by atoms with Gasteiger partial charge in [0.25, 0.3) is 0 Å². The molecule has 0 amide bonds. The van der Waals surface area contributed by atoms with Crippen molar-refractivity contribution in [2.75, 3.05) is 0 Å². The average molecular weight is 461 g/mol. The fraction of sp³-hybridized carbons (Fsp3) is 0.429. The van der Waals surface area contributed by atoms with Gasteiger partial charge < -0.3 is 0 Å². The highest BCUT2D eigenvalue weighted by Crippen LogP contribution is 2.54. The summed E-state index contributed by atoms with van der Waals surface area (Å²) >= 11 is 0. The number of hydrogen-bond acceptors (Lipinski definition) is 0. The van der Waals surface area contributed by atoms with Crippen LogP contribution in [0.1, 0.15) is 77.0 Å². The summed E-state index contributed by atoms with van der Waals surface area (Å²) in [5.74, 6) is 0.861. The summed E-state index contributed by atoms with van der Waals surface area (Å²) in [6.45, 7) is 0. The molecule has 0 N–H and O–H groups in total. The van der Waals surface area contributed by atoms with Crippen molar-refractivity contribution < 1.29 is 0 Å². The zero-order valence-electron chi connectivity index (χ0n) is 21.2. The Hall–Kier alpha value is -2.60. The standard InChI is InChI=1S/C35H40/c1-3-15-28-16-10-12-25-35(24-11-2-5-22-33(35)31(28)20-4-1)34-23-13-19-27-14-6-7-17-29(27)26-30-18-8-9-21-32(30)34/h1-5,10-12,15-16,20,22,24-25,31,34H,6-9,13-14,17-19,21,23,26H2/b16-10-,25-12?. The average Bonchev–Trinajstić information content (AvgIpc) is 3.19. The van der Waals surface area contributed by atoms with Crippen LogP contribution in [0.4, 0.5) is 0 Å². The van der Waals surface area contributed by atoms with E-state index in [2.05, 4.69) is 85.1 Å². The largest absolute Gasteiger partial charge is 0.0729 e. The molecule has 0 radical (unpaired) electrons. The summed E-state index contributed by atoms with van der Waals surface area (Å²) in [6, 6.07) is 0. The van der Waals surface area contributed by atoms with Crippen LogP contribution in [0.15, 0.2) is 119 Å². The second-order valence-corrected chi connectivity index (χ2v) is 11.3. The molecule has 0 saturated heterocycles. The quantitative estimate of drug-likeness (QED) is 0.342. The Balaban J connectivity index is 1.51. The summed E-state index contributed by atoms with van der Waals surface area (Å²) in [4.78, 5) is 0. The summed E-state index contributed by atoms with van der Waals surface area (Å²) in [5, 5.41) is 0. The third-order valence-electron chi connectivity index (χ3n) is 9.38. The van der Waals surface area contributed by atoms with Gasteiger partial charge in [0.2, 0.25) is 0 Å². The fourth-order valence-corrected chi connectivity index (χ4v) is 7.72. The number of hydrogen-bond donors (Lipinski definition) is 0. The summed E-state index contributed by atoms with van der Waals surface area (Å²) in [5.41, 5.74) is 10.2. The first-order chi connectivity index (χ1) is 17.4. The normalized spacial score (nSPS) is 33.4. The van der Waals surface area contributed by atoms with E-state index in [1.807, 2.05) is 22.3 Å². The number of rotatable bonds is 1. The van der Waals surface area contributed by atoms with Crippen LogP contribution in [0.5, 0.6) is 0 Å². The van der Waals surface area contributed by atoms with E-state index in [1.54, 1.807) is 5.57 Å². The second-order valence-electron chi connectivity index (χ2n) is 11.3. The van der Waals surface area contributed by atoms with E-state index in [-0.39, 0.29) is 5.41 Å². The van der Waals surface area contributed by atoms with Crippen molar-refractivity contribution in [3.63, 3.8) is 0 Å². The van der Waals surface area contributed by atoms with E-state index >= 15 is 0 Å². The van der Waals surface area contributed by atoms with Crippen LogP contribution in [-0.4, -0.2) is 0 Å². The second kappa shape index (κ2) is 10.2. The Kier molecular flexibility index (Phi) is 6.64. The van der Waals surface area contributed by atoms with Gasteiger partial charge in [0.05, 0.1) is 0 Å². The van der Waals surface area contributed by atoms with Crippen molar-refractivity contribution >= 4 is 0 Å². The van der Waals surface area contributed by atoms with Gasteiger partial charge in [-0.25, -0.2) is 0 Å². The van der Waals surface area contributed by atoms with Gasteiger partial charge in [-0.05, 0) is 94.1 Å². The van der Waals surface area contributed by atoms with Gasteiger partial charge in [-0.15, -0.1) is 0 Å².